The molecule has 0 fully saturated rings. The van der Waals surface area contributed by atoms with Crippen molar-refractivity contribution in [2.24, 2.45) is 5.41 Å². The van der Waals surface area contributed by atoms with Gasteiger partial charge in [0.05, 0.1) is 4.92 Å². The second-order valence-electron chi connectivity index (χ2n) is 11.4. The number of nitro groups is 1. The maximum atomic E-state index is 13.2. The number of nitrogens with zero attached hydrogens (tertiary/aromatic N) is 3. The minimum Gasteiger partial charge on any atom is -0.378 e. The van der Waals surface area contributed by atoms with E-state index in [1.165, 1.54) is 12.1 Å². The lowest BCUT2D eigenvalue weighted by molar-refractivity contribution is -0.384. The van der Waals surface area contributed by atoms with Crippen molar-refractivity contribution >= 4 is 38.9 Å². The van der Waals surface area contributed by atoms with E-state index in [1.54, 1.807) is 18.2 Å². The van der Waals surface area contributed by atoms with Gasteiger partial charge in [-0.25, -0.2) is 4.98 Å². The number of rotatable bonds is 8. The van der Waals surface area contributed by atoms with Crippen LogP contribution in [0.25, 0.3) is 16.9 Å². The van der Waals surface area contributed by atoms with Crippen molar-refractivity contribution in [3.05, 3.63) is 81.5 Å². The van der Waals surface area contributed by atoms with Crippen molar-refractivity contribution in [2.75, 3.05) is 5.32 Å². The van der Waals surface area contributed by atoms with Crippen molar-refractivity contribution < 1.29 is 17.5 Å². The average molecular weight is 571 g/mol. The van der Waals surface area contributed by atoms with Crippen LogP contribution in [0.4, 0.5) is 11.5 Å². The molecular formula is C28H31ClN4O5S. The van der Waals surface area contributed by atoms with Crippen LogP contribution in [0.15, 0.2) is 65.7 Å². The summed E-state index contributed by atoms with van der Waals surface area (Å²) in [5.74, 6) is 0.724. The first-order valence-electron chi connectivity index (χ1n) is 12.3. The molecular weight excluding hydrogens is 540 g/mol. The second kappa shape index (κ2) is 10.2. The third kappa shape index (κ3) is 6.34. The molecule has 0 radical (unpaired) electrons. The van der Waals surface area contributed by atoms with E-state index >= 15 is 0 Å². The molecule has 39 heavy (non-hydrogen) atoms. The molecule has 0 spiro atoms. The van der Waals surface area contributed by atoms with Gasteiger partial charge in [0.25, 0.3) is 5.69 Å². The van der Waals surface area contributed by atoms with Gasteiger partial charge in [-0.3, -0.25) is 14.5 Å². The Morgan fingerprint density at radius 1 is 1.08 bits per heavy atom. The van der Waals surface area contributed by atoms with Gasteiger partial charge in [-0.05, 0) is 74.6 Å². The number of nitro benzene ring substituents is 1. The minimum atomic E-state index is -4.44. The van der Waals surface area contributed by atoms with Gasteiger partial charge >= 0.3 is 10.1 Å². The molecule has 2 aromatic heterocycles. The fourth-order valence-corrected chi connectivity index (χ4v) is 5.99. The van der Waals surface area contributed by atoms with Crippen molar-refractivity contribution in [2.45, 2.75) is 58.4 Å². The van der Waals surface area contributed by atoms with Crippen LogP contribution in [0, 0.1) is 22.5 Å². The van der Waals surface area contributed by atoms with Gasteiger partial charge in [0.1, 0.15) is 27.1 Å². The van der Waals surface area contributed by atoms with E-state index < -0.39 is 20.7 Å². The second-order valence-corrected chi connectivity index (χ2v) is 13.3. The van der Waals surface area contributed by atoms with Crippen molar-refractivity contribution in [3.63, 3.8) is 0 Å². The molecule has 206 valence electrons. The molecule has 0 atom stereocenters. The van der Waals surface area contributed by atoms with E-state index in [2.05, 4.69) is 39.9 Å². The van der Waals surface area contributed by atoms with Gasteiger partial charge < -0.3 is 9.50 Å². The summed E-state index contributed by atoms with van der Waals surface area (Å²) in [4.78, 5) is 15.0. The van der Waals surface area contributed by atoms with Crippen LogP contribution in [-0.4, -0.2) is 28.3 Å². The predicted molar refractivity (Wildman–Crippen MR) is 153 cm³/mol. The number of anilines is 1. The van der Waals surface area contributed by atoms with Gasteiger partial charge in [-0.15, -0.1) is 0 Å². The standard InChI is InChI=1S/C28H31ClN4O5S/c1-18-13-14-32-24(15-18)30-25(26(32)31-28(5,6)17-27(2,3)4)20-9-7-8-10-23(20)38-39(36,37)19-11-12-21(29)22(16-19)33(34)35/h7-16,31H,17H2,1-6H3. The number of halogens is 1. The molecule has 0 amide bonds. The Labute approximate surface area is 233 Å². The minimum absolute atomic E-state index is 0.0342. The number of nitrogens with one attached hydrogen (secondary N) is 1. The van der Waals surface area contributed by atoms with Crippen LogP contribution in [0.5, 0.6) is 5.75 Å². The maximum Gasteiger partial charge on any atom is 0.339 e. The number of imidazole rings is 1. The molecule has 0 aliphatic carbocycles. The Hall–Kier alpha value is -3.63. The van der Waals surface area contributed by atoms with E-state index in [4.69, 9.17) is 20.8 Å². The fourth-order valence-electron chi connectivity index (χ4n) is 4.83. The third-order valence-electron chi connectivity index (χ3n) is 5.96. The van der Waals surface area contributed by atoms with Crippen molar-refractivity contribution in [1.82, 2.24) is 9.38 Å². The smallest absolute Gasteiger partial charge is 0.339 e. The molecule has 0 aliphatic heterocycles. The summed E-state index contributed by atoms with van der Waals surface area (Å²) in [7, 11) is -4.44. The molecule has 11 heteroatoms. The van der Waals surface area contributed by atoms with Crippen molar-refractivity contribution in [3.8, 4) is 17.0 Å². The van der Waals surface area contributed by atoms with Gasteiger partial charge in [0.2, 0.25) is 0 Å². The predicted octanol–water partition coefficient (Wildman–Crippen LogP) is 7.27. The lowest BCUT2D eigenvalue weighted by Gasteiger charge is -2.34. The highest BCUT2D eigenvalue weighted by Gasteiger charge is 2.30. The summed E-state index contributed by atoms with van der Waals surface area (Å²) in [6.07, 6.45) is 2.77. The summed E-state index contributed by atoms with van der Waals surface area (Å²) in [6.45, 7) is 12.7. The van der Waals surface area contributed by atoms with E-state index in [-0.39, 0.29) is 26.6 Å². The topological polar surface area (TPSA) is 116 Å². The lowest BCUT2D eigenvalue weighted by Crippen LogP contribution is -2.36. The van der Waals surface area contributed by atoms with Crippen LogP contribution in [-0.2, 0) is 10.1 Å². The Bertz CT molecular complexity index is 1670. The summed E-state index contributed by atoms with van der Waals surface area (Å²) in [6, 6.07) is 13.8. The molecule has 0 unspecified atom stereocenters. The molecule has 2 aromatic carbocycles. The SMILES string of the molecule is Cc1ccn2c(NC(C)(C)CC(C)(C)C)c(-c3ccccc3OS(=O)(=O)c3ccc(Cl)c([N+](=O)[O-])c3)nc2c1. The van der Waals surface area contributed by atoms with Gasteiger partial charge in [-0.2, -0.15) is 8.42 Å². The number of hydrogen-bond donors (Lipinski definition) is 1. The number of aryl methyl sites for hydroxylation is 1. The fraction of sp³-hybridized carbons (Fsp3) is 0.321. The first-order valence-corrected chi connectivity index (χ1v) is 14.1. The highest BCUT2D eigenvalue weighted by molar-refractivity contribution is 7.87. The molecule has 1 N–H and O–H groups in total. The van der Waals surface area contributed by atoms with E-state index in [0.717, 1.165) is 24.1 Å². The van der Waals surface area contributed by atoms with Crippen molar-refractivity contribution in [1.29, 1.82) is 0 Å². The Balaban J connectivity index is 1.83. The first-order chi connectivity index (χ1) is 18.1. The largest absolute Gasteiger partial charge is 0.378 e. The molecule has 0 saturated heterocycles. The Morgan fingerprint density at radius 3 is 2.44 bits per heavy atom. The first kappa shape index (κ1) is 28.4. The van der Waals surface area contributed by atoms with Crippen LogP contribution in [0.2, 0.25) is 5.02 Å². The number of benzene rings is 2. The highest BCUT2D eigenvalue weighted by atomic mass is 35.5. The number of para-hydroxylation sites is 1. The third-order valence-corrected chi connectivity index (χ3v) is 7.51. The zero-order chi connectivity index (χ0) is 28.8. The summed E-state index contributed by atoms with van der Waals surface area (Å²) in [5, 5.41) is 14.8. The zero-order valence-electron chi connectivity index (χ0n) is 22.6. The number of fused-ring (bicyclic) bond motifs is 1. The molecule has 4 rings (SSSR count). The monoisotopic (exact) mass is 570 g/mol. The number of aromatic nitrogens is 2. The van der Waals surface area contributed by atoms with Crippen LogP contribution >= 0.6 is 11.6 Å². The van der Waals surface area contributed by atoms with Gasteiger partial charge in [-0.1, -0.05) is 44.5 Å². The zero-order valence-corrected chi connectivity index (χ0v) is 24.2. The summed E-state index contributed by atoms with van der Waals surface area (Å²) < 4.78 is 34.0. The summed E-state index contributed by atoms with van der Waals surface area (Å²) in [5.41, 5.74) is 1.84. The van der Waals surface area contributed by atoms with Crippen LogP contribution in [0.1, 0.15) is 46.6 Å². The lowest BCUT2D eigenvalue weighted by atomic mass is 9.82. The summed E-state index contributed by atoms with van der Waals surface area (Å²) >= 11 is 5.87. The Kier molecular flexibility index (Phi) is 7.39. The number of pyridine rings is 1. The average Bonchev–Trinajstić information content (AvgIpc) is 3.13. The molecule has 0 saturated carbocycles. The Morgan fingerprint density at radius 2 is 1.77 bits per heavy atom. The van der Waals surface area contributed by atoms with E-state index in [0.29, 0.717) is 22.7 Å². The van der Waals surface area contributed by atoms with Crippen LogP contribution in [0.3, 0.4) is 0 Å². The highest BCUT2D eigenvalue weighted by Crippen LogP contribution is 2.39. The normalized spacial score (nSPS) is 12.5. The quantitative estimate of drug-likeness (QED) is 0.134. The van der Waals surface area contributed by atoms with E-state index in [9.17, 15) is 18.5 Å². The van der Waals surface area contributed by atoms with Crippen LogP contribution < -0.4 is 9.50 Å². The molecule has 0 bridgehead atoms. The van der Waals surface area contributed by atoms with Gasteiger partial charge in [0.15, 0.2) is 5.75 Å². The molecule has 2 heterocycles. The maximum absolute atomic E-state index is 13.2. The van der Waals surface area contributed by atoms with Gasteiger partial charge in [0, 0.05) is 23.4 Å². The van der Waals surface area contributed by atoms with E-state index in [1.807, 2.05) is 29.7 Å². The molecule has 0 aliphatic rings. The molecule has 9 nitrogen and oxygen atoms in total. The number of hydrogen-bond acceptors (Lipinski definition) is 7. The molecule has 4 aromatic rings.